The summed E-state index contributed by atoms with van der Waals surface area (Å²) in [6.07, 6.45) is 6.14. The predicted octanol–water partition coefficient (Wildman–Crippen LogP) is 2.84. The highest BCUT2D eigenvalue weighted by Gasteiger charge is 2.70. The van der Waals surface area contributed by atoms with Crippen LogP contribution in [0, 0.1) is 22.7 Å². The third kappa shape index (κ3) is 8.31. The van der Waals surface area contributed by atoms with Crippen molar-refractivity contribution in [2.75, 3.05) is 12.3 Å². The molecule has 5 amide bonds. The SMILES string of the molecule is CCC[C@H](NC(=O)[C@@H]1[C@@H]2[C@H](CN1C(=O)[C@@H](NC(=O)NC1(CS(=O)(=O)C(C)C)CCCCC1)C(C)(C)C)C2(C)C)C(=O)C(=O)NC1CC1. The van der Waals surface area contributed by atoms with Crippen LogP contribution >= 0.6 is 0 Å². The second-order valence-electron chi connectivity index (χ2n) is 16.4. The molecule has 0 aromatic carbocycles. The van der Waals surface area contributed by atoms with Crippen LogP contribution in [-0.2, 0) is 29.0 Å². The molecule has 4 aliphatic rings. The lowest BCUT2D eigenvalue weighted by molar-refractivity contribution is -0.145. The van der Waals surface area contributed by atoms with E-state index in [1.165, 1.54) is 4.90 Å². The van der Waals surface area contributed by atoms with Gasteiger partial charge in [0.05, 0.1) is 22.6 Å². The van der Waals surface area contributed by atoms with E-state index in [4.69, 9.17) is 0 Å². The molecule has 0 bridgehead atoms. The average Bonchev–Trinajstić information content (AvgIpc) is 3.81. The van der Waals surface area contributed by atoms with Crippen LogP contribution in [0.15, 0.2) is 0 Å². The van der Waals surface area contributed by atoms with Gasteiger partial charge in [-0.05, 0) is 68.6 Å². The van der Waals surface area contributed by atoms with Crippen molar-refractivity contribution >= 4 is 39.4 Å². The minimum atomic E-state index is -3.46. The average molecular weight is 680 g/mol. The smallest absolute Gasteiger partial charge is 0.315 e. The van der Waals surface area contributed by atoms with Gasteiger partial charge in [0, 0.05) is 12.6 Å². The molecule has 0 unspecified atom stereocenters. The standard InChI is InChI=1S/C34H57N5O7S/c1-9-13-23(26(40)29(42)35-21-14-15-21)36-28(41)25-24-22(33(24,7)8)18-39(25)30(43)27(32(4,5)6)37-31(44)38-34(16-11-10-12-17-34)19-47(45,46)20(2)3/h20-25,27H,9-19H2,1-8H3,(H,35,42)(H,36,41)(H2,37,38,44)/t22-,23-,24-,25-,27+/m0/s1. The van der Waals surface area contributed by atoms with Crippen molar-refractivity contribution in [3.63, 3.8) is 0 Å². The lowest BCUT2D eigenvalue weighted by Crippen LogP contribution is -2.64. The molecular formula is C34H57N5O7S. The van der Waals surface area contributed by atoms with Gasteiger partial charge < -0.3 is 26.2 Å². The van der Waals surface area contributed by atoms with Crippen LogP contribution in [-0.4, -0.2) is 90.1 Å². The third-order valence-electron chi connectivity index (χ3n) is 10.9. The first-order valence-electron chi connectivity index (χ1n) is 17.5. The maximum absolute atomic E-state index is 14.4. The van der Waals surface area contributed by atoms with Gasteiger partial charge in [-0.15, -0.1) is 0 Å². The maximum atomic E-state index is 14.4. The summed E-state index contributed by atoms with van der Waals surface area (Å²) >= 11 is 0. The number of ketones is 1. The Morgan fingerprint density at radius 3 is 2.11 bits per heavy atom. The van der Waals surface area contributed by atoms with Crippen LogP contribution < -0.4 is 21.3 Å². The van der Waals surface area contributed by atoms with E-state index in [-0.39, 0.29) is 29.0 Å². The van der Waals surface area contributed by atoms with E-state index in [2.05, 4.69) is 35.1 Å². The molecular weight excluding hydrogens is 622 g/mol. The van der Waals surface area contributed by atoms with Crippen molar-refractivity contribution in [3.05, 3.63) is 0 Å². The van der Waals surface area contributed by atoms with Gasteiger partial charge in [-0.1, -0.05) is 67.2 Å². The minimum Gasteiger partial charge on any atom is -0.347 e. The Balaban J connectivity index is 1.53. The second-order valence-corrected chi connectivity index (χ2v) is 19.0. The second kappa shape index (κ2) is 13.7. The van der Waals surface area contributed by atoms with Crippen molar-refractivity contribution in [1.29, 1.82) is 0 Å². The molecule has 266 valence electrons. The van der Waals surface area contributed by atoms with Gasteiger partial charge in [0.15, 0.2) is 9.84 Å². The Labute approximate surface area is 280 Å². The normalized spacial score (nSPS) is 26.1. The number of rotatable bonds is 13. The van der Waals surface area contributed by atoms with Crippen LogP contribution in [0.2, 0.25) is 0 Å². The Bertz CT molecular complexity index is 1340. The number of sulfone groups is 1. The number of piperidine rings is 1. The molecule has 13 heteroatoms. The highest BCUT2D eigenvalue weighted by Crippen LogP contribution is 2.65. The van der Waals surface area contributed by atoms with Crippen LogP contribution in [0.25, 0.3) is 0 Å². The Kier molecular flexibility index (Phi) is 10.8. The zero-order valence-electron chi connectivity index (χ0n) is 29.5. The molecule has 0 aromatic heterocycles. The molecule has 4 N–H and O–H groups in total. The summed E-state index contributed by atoms with van der Waals surface area (Å²) in [5, 5.41) is 10.8. The lowest BCUT2D eigenvalue weighted by Gasteiger charge is -2.41. The fourth-order valence-corrected chi connectivity index (χ4v) is 9.04. The van der Waals surface area contributed by atoms with Gasteiger partial charge in [-0.3, -0.25) is 19.2 Å². The Morgan fingerprint density at radius 1 is 0.957 bits per heavy atom. The number of amides is 5. The largest absolute Gasteiger partial charge is 0.347 e. The van der Waals surface area contributed by atoms with Gasteiger partial charge in [-0.25, -0.2) is 13.2 Å². The van der Waals surface area contributed by atoms with E-state index >= 15 is 0 Å². The van der Waals surface area contributed by atoms with Gasteiger partial charge in [-0.2, -0.15) is 0 Å². The fourth-order valence-electron chi connectivity index (χ4n) is 7.58. The number of carbonyl (C=O) groups is 5. The molecule has 47 heavy (non-hydrogen) atoms. The van der Waals surface area contributed by atoms with Crippen LogP contribution in [0.3, 0.4) is 0 Å². The first kappa shape index (κ1) is 37.1. The monoisotopic (exact) mass is 679 g/mol. The summed E-state index contributed by atoms with van der Waals surface area (Å²) in [5.74, 6) is -2.49. The van der Waals surface area contributed by atoms with Gasteiger partial charge in [0.25, 0.3) is 5.91 Å². The van der Waals surface area contributed by atoms with Crippen molar-refractivity contribution in [2.45, 2.75) is 148 Å². The van der Waals surface area contributed by atoms with Crippen molar-refractivity contribution in [2.24, 2.45) is 22.7 Å². The molecule has 5 atom stereocenters. The number of carbonyl (C=O) groups excluding carboxylic acids is 5. The number of nitrogens with zero attached hydrogens (tertiary/aromatic N) is 1. The Morgan fingerprint density at radius 2 is 1.57 bits per heavy atom. The maximum Gasteiger partial charge on any atom is 0.315 e. The van der Waals surface area contributed by atoms with E-state index in [9.17, 15) is 32.4 Å². The molecule has 0 radical (unpaired) electrons. The highest BCUT2D eigenvalue weighted by molar-refractivity contribution is 7.92. The summed E-state index contributed by atoms with van der Waals surface area (Å²) in [4.78, 5) is 69.1. The van der Waals surface area contributed by atoms with E-state index in [1.54, 1.807) is 13.8 Å². The van der Waals surface area contributed by atoms with E-state index in [0.29, 0.717) is 32.2 Å². The molecule has 1 aliphatic heterocycles. The van der Waals surface area contributed by atoms with Crippen LogP contribution in [0.5, 0.6) is 0 Å². The number of nitrogens with one attached hydrogen (secondary N) is 4. The fraction of sp³-hybridized carbons (Fsp3) is 0.853. The topological polar surface area (TPSA) is 171 Å². The van der Waals surface area contributed by atoms with Gasteiger partial charge in [0.1, 0.15) is 12.1 Å². The van der Waals surface area contributed by atoms with Crippen molar-refractivity contribution in [3.8, 4) is 0 Å². The van der Waals surface area contributed by atoms with Gasteiger partial charge in [0.2, 0.25) is 17.6 Å². The van der Waals surface area contributed by atoms with Gasteiger partial charge >= 0.3 is 6.03 Å². The zero-order valence-corrected chi connectivity index (χ0v) is 30.3. The molecule has 4 fully saturated rings. The third-order valence-corrected chi connectivity index (χ3v) is 13.3. The number of hydrogen-bond acceptors (Lipinski definition) is 7. The van der Waals surface area contributed by atoms with Crippen LogP contribution in [0.4, 0.5) is 4.79 Å². The molecule has 0 spiro atoms. The van der Waals surface area contributed by atoms with E-state index < -0.39 is 73.7 Å². The molecule has 1 saturated heterocycles. The molecule has 3 saturated carbocycles. The lowest BCUT2D eigenvalue weighted by atomic mass is 9.83. The van der Waals surface area contributed by atoms with Crippen molar-refractivity contribution < 1.29 is 32.4 Å². The summed E-state index contributed by atoms with van der Waals surface area (Å²) < 4.78 is 25.9. The number of hydrogen-bond donors (Lipinski definition) is 4. The predicted molar refractivity (Wildman–Crippen MR) is 179 cm³/mol. The summed E-state index contributed by atoms with van der Waals surface area (Å²) in [5.41, 5.74) is -1.86. The molecule has 3 aliphatic carbocycles. The van der Waals surface area contributed by atoms with E-state index in [0.717, 1.165) is 32.1 Å². The summed E-state index contributed by atoms with van der Waals surface area (Å²) in [7, 11) is -3.46. The number of likely N-dealkylation sites (tertiary alicyclic amines) is 1. The highest BCUT2D eigenvalue weighted by atomic mass is 32.2. The minimum absolute atomic E-state index is 0.00651. The summed E-state index contributed by atoms with van der Waals surface area (Å²) in [6.45, 7) is 15.1. The van der Waals surface area contributed by atoms with E-state index in [1.807, 2.05) is 27.7 Å². The number of fused-ring (bicyclic) bond motifs is 1. The van der Waals surface area contributed by atoms with Crippen molar-refractivity contribution in [1.82, 2.24) is 26.2 Å². The quantitative estimate of drug-likeness (QED) is 0.217. The zero-order chi connectivity index (χ0) is 35.1. The first-order valence-corrected chi connectivity index (χ1v) is 19.2. The molecule has 4 rings (SSSR count). The summed E-state index contributed by atoms with van der Waals surface area (Å²) in [6, 6.07) is -3.48. The first-order chi connectivity index (χ1) is 21.7. The molecule has 0 aromatic rings. The molecule has 12 nitrogen and oxygen atoms in total. The number of urea groups is 1. The molecule has 1 heterocycles. The number of Topliss-reactive ketones (excluding diaryl/α,β-unsaturated/α-hetero) is 1. The van der Waals surface area contributed by atoms with Crippen LogP contribution in [0.1, 0.15) is 113 Å². The Hall–Kier alpha value is -2.70.